The largest absolute Gasteiger partial charge is 0.352 e. The molecule has 0 fully saturated rings. The van der Waals surface area contributed by atoms with Crippen LogP contribution in [0.15, 0.2) is 24.3 Å². The molecule has 0 aliphatic heterocycles. The molecule has 0 saturated heterocycles. The second-order valence-corrected chi connectivity index (χ2v) is 6.89. The van der Waals surface area contributed by atoms with Gasteiger partial charge in [0.05, 0.1) is 5.75 Å². The molecule has 0 radical (unpaired) electrons. The lowest BCUT2D eigenvalue weighted by atomic mass is 10.1. The Bertz CT molecular complexity index is 555. The Hall–Kier alpha value is -1.60. The Kier molecular flexibility index (Phi) is 6.64. The molecule has 0 bridgehead atoms. The van der Waals surface area contributed by atoms with Crippen molar-refractivity contribution < 1.29 is 13.2 Å². The summed E-state index contributed by atoms with van der Waals surface area (Å²) in [5, 5.41) is 2.78. The molecule has 1 aromatic carbocycles. The fourth-order valence-corrected chi connectivity index (χ4v) is 2.78. The highest BCUT2D eigenvalue weighted by Crippen LogP contribution is 2.12. The first-order valence-corrected chi connectivity index (χ1v) is 8.62. The van der Waals surface area contributed by atoms with E-state index in [2.05, 4.69) is 10.0 Å². The average molecular weight is 313 g/mol. The van der Waals surface area contributed by atoms with Crippen LogP contribution in [0.2, 0.25) is 0 Å². The molecule has 6 nitrogen and oxygen atoms in total. The van der Waals surface area contributed by atoms with E-state index >= 15 is 0 Å². The van der Waals surface area contributed by atoms with Crippen molar-refractivity contribution in [1.29, 1.82) is 0 Å². The highest BCUT2D eigenvalue weighted by atomic mass is 32.2. The Morgan fingerprint density at radius 1 is 1.29 bits per heavy atom. The summed E-state index contributed by atoms with van der Waals surface area (Å²) in [6.07, 6.45) is 0.551. The molecule has 0 saturated carbocycles. The summed E-state index contributed by atoms with van der Waals surface area (Å²) in [5.41, 5.74) is 6.42. The van der Waals surface area contributed by atoms with Crippen LogP contribution in [0.3, 0.4) is 0 Å². The van der Waals surface area contributed by atoms with Gasteiger partial charge in [-0.05, 0) is 43.1 Å². The summed E-state index contributed by atoms with van der Waals surface area (Å²) >= 11 is 0. The zero-order chi connectivity index (χ0) is 15.9. The van der Waals surface area contributed by atoms with Crippen molar-refractivity contribution in [2.75, 3.05) is 23.6 Å². The van der Waals surface area contributed by atoms with Gasteiger partial charge in [0, 0.05) is 17.8 Å². The van der Waals surface area contributed by atoms with Gasteiger partial charge in [0.2, 0.25) is 10.0 Å². The molecule has 1 aromatic rings. The van der Waals surface area contributed by atoms with Gasteiger partial charge in [-0.2, -0.15) is 0 Å². The van der Waals surface area contributed by atoms with Crippen molar-refractivity contribution in [3.05, 3.63) is 29.8 Å². The molecule has 0 aliphatic carbocycles. The molecule has 7 heteroatoms. The van der Waals surface area contributed by atoms with Gasteiger partial charge in [-0.15, -0.1) is 0 Å². The van der Waals surface area contributed by atoms with Crippen molar-refractivity contribution in [1.82, 2.24) is 5.32 Å². The summed E-state index contributed by atoms with van der Waals surface area (Å²) in [5.74, 6) is 0.0963. The van der Waals surface area contributed by atoms with Crippen molar-refractivity contribution in [2.45, 2.75) is 20.3 Å². The van der Waals surface area contributed by atoms with E-state index in [0.29, 0.717) is 30.8 Å². The number of hydrogen-bond acceptors (Lipinski definition) is 4. The molecule has 21 heavy (non-hydrogen) atoms. The Balaban J connectivity index is 2.63. The first-order valence-electron chi connectivity index (χ1n) is 6.96. The van der Waals surface area contributed by atoms with E-state index in [9.17, 15) is 13.2 Å². The zero-order valence-electron chi connectivity index (χ0n) is 12.4. The van der Waals surface area contributed by atoms with Crippen LogP contribution in [0.4, 0.5) is 5.69 Å². The average Bonchev–Trinajstić information content (AvgIpc) is 2.44. The number of nitrogens with two attached hydrogens (primary N) is 1. The number of carbonyl (C=O) groups is 1. The Morgan fingerprint density at radius 3 is 2.43 bits per heavy atom. The van der Waals surface area contributed by atoms with Crippen LogP contribution in [0.25, 0.3) is 0 Å². The lowest BCUT2D eigenvalue weighted by molar-refractivity contribution is 0.0948. The number of rotatable bonds is 8. The standard InChI is InChI=1S/C14H23N3O3S/c1-3-8-21(19,20)17-13-6-4-12(5-7-13)14(18)16-10-11(2)9-15/h4-7,11,17H,3,8-10,15H2,1-2H3,(H,16,18). The van der Waals surface area contributed by atoms with E-state index in [1.807, 2.05) is 6.92 Å². The number of anilines is 1. The molecule has 0 aromatic heterocycles. The van der Waals surface area contributed by atoms with E-state index in [1.165, 1.54) is 0 Å². The van der Waals surface area contributed by atoms with Crippen LogP contribution in [0, 0.1) is 5.92 Å². The predicted octanol–water partition coefficient (Wildman–Crippen LogP) is 1.16. The van der Waals surface area contributed by atoms with E-state index in [1.54, 1.807) is 31.2 Å². The SMILES string of the molecule is CCCS(=O)(=O)Nc1ccc(C(=O)NCC(C)CN)cc1. The number of amides is 1. The number of hydrogen-bond donors (Lipinski definition) is 3. The van der Waals surface area contributed by atoms with Gasteiger partial charge in [0.15, 0.2) is 0 Å². The molecule has 118 valence electrons. The maximum atomic E-state index is 11.9. The van der Waals surface area contributed by atoms with E-state index in [4.69, 9.17) is 5.73 Å². The first-order chi connectivity index (χ1) is 9.88. The van der Waals surface area contributed by atoms with Crippen LogP contribution in [0.5, 0.6) is 0 Å². The van der Waals surface area contributed by atoms with Crippen LogP contribution < -0.4 is 15.8 Å². The molecular formula is C14H23N3O3S. The topological polar surface area (TPSA) is 101 Å². The van der Waals surface area contributed by atoms with Gasteiger partial charge >= 0.3 is 0 Å². The minimum Gasteiger partial charge on any atom is -0.352 e. The second-order valence-electron chi connectivity index (χ2n) is 5.05. The Labute approximate surface area is 126 Å². The lowest BCUT2D eigenvalue weighted by Gasteiger charge is -2.11. The number of sulfonamides is 1. The van der Waals surface area contributed by atoms with Gasteiger partial charge < -0.3 is 11.1 Å². The highest BCUT2D eigenvalue weighted by molar-refractivity contribution is 7.92. The number of nitrogens with one attached hydrogen (secondary N) is 2. The maximum Gasteiger partial charge on any atom is 0.251 e. The van der Waals surface area contributed by atoms with Gasteiger partial charge in [0.25, 0.3) is 5.91 Å². The van der Waals surface area contributed by atoms with Gasteiger partial charge in [-0.1, -0.05) is 13.8 Å². The smallest absolute Gasteiger partial charge is 0.251 e. The predicted molar refractivity (Wildman–Crippen MR) is 84.7 cm³/mol. The summed E-state index contributed by atoms with van der Waals surface area (Å²) in [6.45, 7) is 4.78. The lowest BCUT2D eigenvalue weighted by Crippen LogP contribution is -2.31. The molecule has 1 amide bonds. The molecule has 1 atom stereocenters. The van der Waals surface area contributed by atoms with Crippen molar-refractivity contribution in [2.24, 2.45) is 11.7 Å². The highest BCUT2D eigenvalue weighted by Gasteiger charge is 2.10. The van der Waals surface area contributed by atoms with Crippen LogP contribution in [-0.4, -0.2) is 33.2 Å². The normalized spacial score (nSPS) is 12.7. The minimum atomic E-state index is -3.31. The summed E-state index contributed by atoms with van der Waals surface area (Å²) in [4.78, 5) is 11.9. The Morgan fingerprint density at radius 2 is 1.90 bits per heavy atom. The first kappa shape index (κ1) is 17.5. The zero-order valence-corrected chi connectivity index (χ0v) is 13.2. The third-order valence-corrected chi connectivity index (χ3v) is 4.40. The summed E-state index contributed by atoms with van der Waals surface area (Å²) < 4.78 is 25.7. The number of carbonyl (C=O) groups excluding carboxylic acids is 1. The van der Waals surface area contributed by atoms with Crippen molar-refractivity contribution in [3.63, 3.8) is 0 Å². The molecule has 1 unspecified atom stereocenters. The van der Waals surface area contributed by atoms with E-state index in [-0.39, 0.29) is 17.6 Å². The molecule has 0 aliphatic rings. The second kappa shape index (κ2) is 7.99. The third kappa shape index (κ3) is 6.14. The van der Waals surface area contributed by atoms with Gasteiger partial charge in [-0.3, -0.25) is 9.52 Å². The van der Waals surface area contributed by atoms with Gasteiger partial charge in [-0.25, -0.2) is 8.42 Å². The van der Waals surface area contributed by atoms with Crippen molar-refractivity contribution >= 4 is 21.6 Å². The molecule has 0 spiro atoms. The number of benzene rings is 1. The van der Waals surface area contributed by atoms with E-state index in [0.717, 1.165) is 0 Å². The minimum absolute atomic E-state index is 0.0756. The third-order valence-electron chi connectivity index (χ3n) is 2.91. The van der Waals surface area contributed by atoms with Crippen LogP contribution in [-0.2, 0) is 10.0 Å². The molecule has 0 heterocycles. The molecular weight excluding hydrogens is 290 g/mol. The maximum absolute atomic E-state index is 11.9. The van der Waals surface area contributed by atoms with Gasteiger partial charge in [0.1, 0.15) is 0 Å². The molecule has 4 N–H and O–H groups in total. The fourth-order valence-electron chi connectivity index (χ4n) is 1.64. The van der Waals surface area contributed by atoms with Crippen LogP contribution >= 0.6 is 0 Å². The quantitative estimate of drug-likeness (QED) is 0.670. The summed E-state index contributed by atoms with van der Waals surface area (Å²) in [7, 11) is -3.31. The molecule has 1 rings (SSSR count). The van der Waals surface area contributed by atoms with Crippen molar-refractivity contribution in [3.8, 4) is 0 Å². The fraction of sp³-hybridized carbons (Fsp3) is 0.500. The van der Waals surface area contributed by atoms with E-state index < -0.39 is 10.0 Å². The monoisotopic (exact) mass is 313 g/mol. The van der Waals surface area contributed by atoms with Crippen LogP contribution in [0.1, 0.15) is 30.6 Å². The summed E-state index contributed by atoms with van der Waals surface area (Å²) in [6, 6.07) is 6.33.